The second-order valence-corrected chi connectivity index (χ2v) is 2.56. The second-order valence-electron chi connectivity index (χ2n) is 2.56. The van der Waals surface area contributed by atoms with Crippen molar-refractivity contribution < 1.29 is 13.9 Å². The number of aldehydes is 1. The molecule has 3 heteroatoms. The molecule has 0 unspecified atom stereocenters. The molecule has 1 aromatic rings. The summed E-state index contributed by atoms with van der Waals surface area (Å²) in [5.74, 6) is 0.233. The van der Waals surface area contributed by atoms with Crippen LogP contribution in [0, 0.1) is 5.82 Å². The molecule has 0 aliphatic carbocycles. The summed E-state index contributed by atoms with van der Waals surface area (Å²) in [5.41, 5.74) is 0.594. The molecule has 0 fully saturated rings. The number of halogens is 1. The van der Waals surface area contributed by atoms with E-state index in [4.69, 9.17) is 4.74 Å². The van der Waals surface area contributed by atoms with E-state index in [9.17, 15) is 9.18 Å². The molecule has 0 heterocycles. The summed E-state index contributed by atoms with van der Waals surface area (Å²) in [6, 6.07) is 4.18. The third kappa shape index (κ3) is 2.54. The van der Waals surface area contributed by atoms with E-state index < -0.39 is 0 Å². The predicted octanol–water partition coefficient (Wildman–Crippen LogP) is 1.97. The Morgan fingerprint density at radius 3 is 2.92 bits per heavy atom. The standard InChI is InChI=1S/C10H11FO2/c1-2-13-10-4-3-9(11)7-8(10)5-6-12/h3-4,6-7H,2,5H2,1H3. The highest BCUT2D eigenvalue weighted by molar-refractivity contribution is 5.57. The third-order valence-corrected chi connectivity index (χ3v) is 1.63. The lowest BCUT2D eigenvalue weighted by Crippen LogP contribution is -1.97. The van der Waals surface area contributed by atoms with Crippen molar-refractivity contribution >= 4 is 6.29 Å². The lowest BCUT2D eigenvalue weighted by molar-refractivity contribution is -0.107. The van der Waals surface area contributed by atoms with E-state index in [1.54, 1.807) is 0 Å². The Kier molecular flexibility index (Phi) is 3.43. The van der Waals surface area contributed by atoms with Gasteiger partial charge in [0.2, 0.25) is 0 Å². The zero-order valence-electron chi connectivity index (χ0n) is 7.42. The molecule has 0 radical (unpaired) electrons. The Hall–Kier alpha value is -1.38. The average Bonchev–Trinajstić information content (AvgIpc) is 2.10. The second kappa shape index (κ2) is 4.60. The van der Waals surface area contributed by atoms with Crippen LogP contribution in [0.5, 0.6) is 5.75 Å². The molecule has 70 valence electrons. The molecule has 2 nitrogen and oxygen atoms in total. The first-order valence-electron chi connectivity index (χ1n) is 4.12. The largest absolute Gasteiger partial charge is 0.494 e. The molecule has 0 spiro atoms. The summed E-state index contributed by atoms with van der Waals surface area (Å²) in [6.45, 7) is 2.35. The molecule has 1 aromatic carbocycles. The van der Waals surface area contributed by atoms with E-state index in [2.05, 4.69) is 0 Å². The van der Waals surface area contributed by atoms with Crippen LogP contribution in [0.1, 0.15) is 12.5 Å². The molecular weight excluding hydrogens is 171 g/mol. The van der Waals surface area contributed by atoms with E-state index in [0.29, 0.717) is 17.9 Å². The molecule has 0 amide bonds. The zero-order chi connectivity index (χ0) is 9.68. The fourth-order valence-electron chi connectivity index (χ4n) is 1.09. The first-order chi connectivity index (χ1) is 6.27. The highest BCUT2D eigenvalue weighted by Gasteiger charge is 2.03. The number of benzene rings is 1. The molecule has 1 rings (SSSR count). The fourth-order valence-corrected chi connectivity index (χ4v) is 1.09. The summed E-state index contributed by atoms with van der Waals surface area (Å²) in [5, 5.41) is 0. The average molecular weight is 182 g/mol. The van der Waals surface area contributed by atoms with Crippen LogP contribution in [0.3, 0.4) is 0 Å². The van der Waals surface area contributed by atoms with Crippen LogP contribution in [0.2, 0.25) is 0 Å². The van der Waals surface area contributed by atoms with Crippen molar-refractivity contribution in [1.82, 2.24) is 0 Å². The van der Waals surface area contributed by atoms with Gasteiger partial charge >= 0.3 is 0 Å². The van der Waals surface area contributed by atoms with E-state index in [1.165, 1.54) is 18.2 Å². The summed E-state index contributed by atoms with van der Waals surface area (Å²) >= 11 is 0. The van der Waals surface area contributed by atoms with Gasteiger partial charge in [0.05, 0.1) is 6.61 Å². The fraction of sp³-hybridized carbons (Fsp3) is 0.300. The molecule has 0 saturated heterocycles. The molecule has 0 aliphatic heterocycles. The minimum Gasteiger partial charge on any atom is -0.494 e. The Balaban J connectivity index is 2.95. The molecule has 0 atom stereocenters. The van der Waals surface area contributed by atoms with E-state index >= 15 is 0 Å². The SMILES string of the molecule is CCOc1ccc(F)cc1CC=O. The van der Waals surface area contributed by atoms with Crippen molar-refractivity contribution in [2.45, 2.75) is 13.3 Å². The quantitative estimate of drug-likeness (QED) is 0.665. The van der Waals surface area contributed by atoms with Gasteiger partial charge in [0.15, 0.2) is 0 Å². The van der Waals surface area contributed by atoms with Crippen LogP contribution in [0.4, 0.5) is 4.39 Å². The van der Waals surface area contributed by atoms with Crippen LogP contribution >= 0.6 is 0 Å². The van der Waals surface area contributed by atoms with Crippen molar-refractivity contribution in [3.8, 4) is 5.75 Å². The van der Waals surface area contributed by atoms with Crippen LogP contribution in [0.25, 0.3) is 0 Å². The number of carbonyl (C=O) groups excluding carboxylic acids is 1. The molecule has 0 aromatic heterocycles. The lowest BCUT2D eigenvalue weighted by atomic mass is 10.1. The van der Waals surface area contributed by atoms with E-state index in [-0.39, 0.29) is 12.2 Å². The van der Waals surface area contributed by atoms with Crippen molar-refractivity contribution in [3.63, 3.8) is 0 Å². The lowest BCUT2D eigenvalue weighted by Gasteiger charge is -2.07. The van der Waals surface area contributed by atoms with E-state index in [1.807, 2.05) is 6.92 Å². The Labute approximate surface area is 76.3 Å². The highest BCUT2D eigenvalue weighted by Crippen LogP contribution is 2.19. The molecule has 0 bridgehead atoms. The van der Waals surface area contributed by atoms with Gasteiger partial charge in [0.25, 0.3) is 0 Å². The number of carbonyl (C=O) groups is 1. The Bertz CT molecular complexity index is 297. The number of hydrogen-bond donors (Lipinski definition) is 0. The van der Waals surface area contributed by atoms with Gasteiger partial charge in [-0.2, -0.15) is 0 Å². The monoisotopic (exact) mass is 182 g/mol. The maximum Gasteiger partial charge on any atom is 0.124 e. The number of rotatable bonds is 4. The first kappa shape index (κ1) is 9.71. The van der Waals surface area contributed by atoms with Crippen LogP contribution in [-0.4, -0.2) is 12.9 Å². The topological polar surface area (TPSA) is 26.3 Å². The normalized spacial score (nSPS) is 9.69. The van der Waals surface area contributed by atoms with Crippen LogP contribution in [-0.2, 0) is 11.2 Å². The van der Waals surface area contributed by atoms with Crippen LogP contribution < -0.4 is 4.74 Å². The molecular formula is C10H11FO2. The summed E-state index contributed by atoms with van der Waals surface area (Å²) in [6.07, 6.45) is 0.921. The smallest absolute Gasteiger partial charge is 0.124 e. The molecule has 13 heavy (non-hydrogen) atoms. The highest BCUT2D eigenvalue weighted by atomic mass is 19.1. The minimum absolute atomic E-state index is 0.188. The van der Waals surface area contributed by atoms with Gasteiger partial charge in [-0.15, -0.1) is 0 Å². The van der Waals surface area contributed by atoms with Crippen molar-refractivity contribution in [2.24, 2.45) is 0 Å². The Morgan fingerprint density at radius 2 is 2.31 bits per heavy atom. The maximum atomic E-state index is 12.7. The number of hydrogen-bond acceptors (Lipinski definition) is 2. The van der Waals surface area contributed by atoms with E-state index in [0.717, 1.165) is 6.29 Å². The zero-order valence-corrected chi connectivity index (χ0v) is 7.42. The summed E-state index contributed by atoms with van der Waals surface area (Å²) < 4.78 is 18.0. The van der Waals surface area contributed by atoms with Gasteiger partial charge in [-0.3, -0.25) is 0 Å². The van der Waals surface area contributed by atoms with Gasteiger partial charge in [-0.1, -0.05) is 0 Å². The van der Waals surface area contributed by atoms with Gasteiger partial charge < -0.3 is 9.53 Å². The summed E-state index contributed by atoms with van der Waals surface area (Å²) in [4.78, 5) is 10.3. The third-order valence-electron chi connectivity index (χ3n) is 1.63. The number of ether oxygens (including phenoxy) is 1. The predicted molar refractivity (Wildman–Crippen MR) is 47.3 cm³/mol. The first-order valence-corrected chi connectivity index (χ1v) is 4.12. The van der Waals surface area contributed by atoms with Gasteiger partial charge in [0, 0.05) is 12.0 Å². The molecule has 0 N–H and O–H groups in total. The van der Waals surface area contributed by atoms with Crippen molar-refractivity contribution in [2.75, 3.05) is 6.61 Å². The minimum atomic E-state index is -0.347. The van der Waals surface area contributed by atoms with Gasteiger partial charge in [-0.25, -0.2) is 4.39 Å². The van der Waals surface area contributed by atoms with Crippen molar-refractivity contribution in [3.05, 3.63) is 29.6 Å². The molecule has 0 aliphatic rings. The van der Waals surface area contributed by atoms with Crippen molar-refractivity contribution in [1.29, 1.82) is 0 Å². The van der Waals surface area contributed by atoms with Gasteiger partial charge in [-0.05, 0) is 25.1 Å². The Morgan fingerprint density at radius 1 is 1.54 bits per heavy atom. The van der Waals surface area contributed by atoms with Gasteiger partial charge in [0.1, 0.15) is 17.9 Å². The molecule has 0 saturated carbocycles. The maximum absolute atomic E-state index is 12.7. The summed E-state index contributed by atoms with van der Waals surface area (Å²) in [7, 11) is 0. The van der Waals surface area contributed by atoms with Crippen LogP contribution in [0.15, 0.2) is 18.2 Å².